The fraction of sp³-hybridized carbons (Fsp3) is 0.121. The number of fused-ring (bicyclic) bond motifs is 18. The molecule has 1 aromatic heterocycles. The molecule has 3 nitrogen and oxygen atoms in total. The lowest BCUT2D eigenvalue weighted by atomic mass is 9.68. The molecule has 3 heteroatoms. The molecule has 15 aromatic rings. The molecule has 1 spiro atoms. The smallest absolute Gasteiger partial charge is 0.145 e. The van der Waals surface area contributed by atoms with E-state index in [4.69, 9.17) is 4.42 Å². The third-order valence-corrected chi connectivity index (χ3v) is 20.5. The number of anilines is 6. The molecule has 0 amide bonds. The van der Waals surface area contributed by atoms with Crippen molar-refractivity contribution in [1.82, 2.24) is 0 Å². The lowest BCUT2D eigenvalue weighted by Gasteiger charge is -2.34. The average molecular weight is 1210 g/mol. The van der Waals surface area contributed by atoms with Crippen LogP contribution in [0.15, 0.2) is 301 Å². The van der Waals surface area contributed by atoms with E-state index in [0.29, 0.717) is 0 Å². The minimum atomic E-state index is -0.759. The molecule has 14 aromatic carbocycles. The van der Waals surface area contributed by atoms with E-state index in [1.165, 1.54) is 110 Å². The monoisotopic (exact) mass is 1210 g/mol. The third kappa shape index (κ3) is 8.85. The Morgan fingerprint density at radius 1 is 0.372 bits per heavy atom. The fourth-order valence-corrected chi connectivity index (χ4v) is 15.8. The molecule has 17 rings (SSSR count). The minimum absolute atomic E-state index is 0.00588. The predicted molar refractivity (Wildman–Crippen MR) is 401 cm³/mol. The van der Waals surface area contributed by atoms with Crippen molar-refractivity contribution in [3.8, 4) is 33.4 Å². The summed E-state index contributed by atoms with van der Waals surface area (Å²) in [6.45, 7) is 18.3. The highest BCUT2D eigenvalue weighted by atomic mass is 16.3. The Morgan fingerprint density at radius 2 is 0.851 bits per heavy atom. The number of furan rings is 1. The lowest BCUT2D eigenvalue weighted by molar-refractivity contribution is 0.590. The predicted octanol–water partition coefficient (Wildman–Crippen LogP) is 25.7. The third-order valence-electron chi connectivity index (χ3n) is 20.5. The molecule has 0 radical (unpaired) electrons. The summed E-state index contributed by atoms with van der Waals surface area (Å²) in [7, 11) is 0. The molecule has 2 aliphatic carbocycles. The van der Waals surface area contributed by atoms with Gasteiger partial charge in [0.1, 0.15) is 11.2 Å². The van der Waals surface area contributed by atoms with Gasteiger partial charge in [0, 0.05) is 39.4 Å². The van der Waals surface area contributed by atoms with E-state index in [1.54, 1.807) is 0 Å². The Balaban J connectivity index is 0.935. The molecule has 1 heterocycles. The Morgan fingerprint density at radius 3 is 1.43 bits per heavy atom. The number of hydrogen-bond donors (Lipinski definition) is 0. The summed E-state index contributed by atoms with van der Waals surface area (Å²) in [5.74, 6) is 0. The maximum absolute atomic E-state index is 7.62. The standard InChI is InChI=1S/C91H72N2O/c1-9-20-73-57(2)91(80-29-18-16-26-75(73)80)81-56-82(93(71-49-41-67(42-50-71)90(6,7)8)70-45-37-61(38-46-70)65-34-32-59-22-11-13-24-63(59)54-65)84-78-28-17-19-30-83(78)94-88(84)86(81)85-76-27-15-14-25-74(76)79-55-72(51-52-77(79)87(85)91)92(69-47-39-66(40-48-69)89(3,4)5)68-43-35-60(36-44-68)64-33-31-58-21-10-12-23-62(58)53-64/h9-56H,1-8H3/b20-9-. The van der Waals surface area contributed by atoms with Crippen molar-refractivity contribution in [3.63, 3.8) is 0 Å². The minimum Gasteiger partial charge on any atom is -0.455 e. The van der Waals surface area contributed by atoms with E-state index < -0.39 is 5.41 Å². The molecule has 0 fully saturated rings. The first kappa shape index (κ1) is 56.9. The second-order valence-electron chi connectivity index (χ2n) is 28.0. The van der Waals surface area contributed by atoms with Gasteiger partial charge in [0.15, 0.2) is 0 Å². The quantitative estimate of drug-likeness (QED) is 0.134. The van der Waals surface area contributed by atoms with Crippen molar-refractivity contribution in [1.29, 1.82) is 0 Å². The maximum atomic E-state index is 7.62. The van der Waals surface area contributed by atoms with Gasteiger partial charge in [0.05, 0.1) is 16.5 Å². The summed E-state index contributed by atoms with van der Waals surface area (Å²) in [6, 6.07) is 105. The van der Waals surface area contributed by atoms with Crippen LogP contribution in [0.1, 0.15) is 88.8 Å². The molecular weight excluding hydrogens is 1140 g/mol. The van der Waals surface area contributed by atoms with Gasteiger partial charge in [-0.05, 0) is 225 Å². The molecule has 1 atom stereocenters. The van der Waals surface area contributed by atoms with Gasteiger partial charge in [-0.15, -0.1) is 0 Å². The summed E-state index contributed by atoms with van der Waals surface area (Å²) >= 11 is 0. The van der Waals surface area contributed by atoms with Gasteiger partial charge in [-0.3, -0.25) is 0 Å². The number of para-hydroxylation sites is 1. The first-order chi connectivity index (χ1) is 45.7. The zero-order valence-corrected chi connectivity index (χ0v) is 54.5. The van der Waals surface area contributed by atoms with Crippen molar-refractivity contribution < 1.29 is 4.42 Å². The molecule has 0 N–H and O–H groups in total. The van der Waals surface area contributed by atoms with Crippen LogP contribution in [0, 0.1) is 0 Å². The van der Waals surface area contributed by atoms with Crippen molar-refractivity contribution in [2.24, 2.45) is 0 Å². The van der Waals surface area contributed by atoms with Crippen LogP contribution >= 0.6 is 0 Å². The van der Waals surface area contributed by atoms with Gasteiger partial charge in [-0.1, -0.05) is 248 Å². The van der Waals surface area contributed by atoms with Gasteiger partial charge in [0.2, 0.25) is 0 Å². The van der Waals surface area contributed by atoms with Crippen molar-refractivity contribution >= 4 is 105 Å². The highest BCUT2D eigenvalue weighted by Crippen LogP contribution is 2.67. The highest BCUT2D eigenvalue weighted by Gasteiger charge is 2.54. The Labute approximate surface area is 550 Å². The van der Waals surface area contributed by atoms with Gasteiger partial charge in [-0.2, -0.15) is 0 Å². The summed E-state index contributed by atoms with van der Waals surface area (Å²) < 4.78 is 7.62. The second kappa shape index (κ2) is 21.6. The normalized spacial score (nSPS) is 14.6. The summed E-state index contributed by atoms with van der Waals surface area (Å²) in [6.07, 6.45) is 4.56. The van der Waals surface area contributed by atoms with Crippen LogP contribution in [0.2, 0.25) is 0 Å². The molecule has 94 heavy (non-hydrogen) atoms. The van der Waals surface area contributed by atoms with Gasteiger partial charge < -0.3 is 14.2 Å². The van der Waals surface area contributed by atoms with Crippen LogP contribution in [0.4, 0.5) is 34.1 Å². The van der Waals surface area contributed by atoms with Crippen LogP contribution in [-0.4, -0.2) is 0 Å². The zero-order chi connectivity index (χ0) is 63.8. The zero-order valence-electron chi connectivity index (χ0n) is 54.5. The molecule has 452 valence electrons. The molecular formula is C91H72N2O. The molecule has 1 unspecified atom stereocenters. The van der Waals surface area contributed by atoms with Gasteiger partial charge in [0.25, 0.3) is 0 Å². The van der Waals surface area contributed by atoms with E-state index in [-0.39, 0.29) is 10.8 Å². The number of allylic oxidation sites excluding steroid dienone is 4. The second-order valence-corrected chi connectivity index (χ2v) is 28.0. The van der Waals surface area contributed by atoms with E-state index in [9.17, 15) is 0 Å². The Kier molecular flexibility index (Phi) is 13.1. The number of benzene rings is 14. The van der Waals surface area contributed by atoms with E-state index >= 15 is 0 Å². The van der Waals surface area contributed by atoms with Crippen LogP contribution in [0.25, 0.3) is 104 Å². The van der Waals surface area contributed by atoms with Crippen molar-refractivity contribution in [2.75, 3.05) is 9.80 Å². The first-order valence-corrected chi connectivity index (χ1v) is 33.2. The van der Waals surface area contributed by atoms with Gasteiger partial charge >= 0.3 is 0 Å². The largest absolute Gasteiger partial charge is 0.455 e. The van der Waals surface area contributed by atoms with Crippen LogP contribution in [-0.2, 0) is 16.2 Å². The molecule has 2 aliphatic rings. The molecule has 0 saturated carbocycles. The summed E-state index contributed by atoms with van der Waals surface area (Å²) in [4.78, 5) is 4.95. The Hall–Kier alpha value is -11.0. The highest BCUT2D eigenvalue weighted by molar-refractivity contribution is 6.26. The van der Waals surface area contributed by atoms with Crippen LogP contribution in [0.3, 0.4) is 0 Å². The van der Waals surface area contributed by atoms with E-state index in [1.807, 2.05) is 0 Å². The number of hydrogen-bond acceptors (Lipinski definition) is 3. The van der Waals surface area contributed by atoms with Crippen LogP contribution < -0.4 is 9.80 Å². The van der Waals surface area contributed by atoms with Gasteiger partial charge in [-0.25, -0.2) is 0 Å². The lowest BCUT2D eigenvalue weighted by Crippen LogP contribution is -2.27. The van der Waals surface area contributed by atoms with E-state index in [2.05, 4.69) is 356 Å². The molecule has 0 bridgehead atoms. The fourth-order valence-electron chi connectivity index (χ4n) is 15.8. The maximum Gasteiger partial charge on any atom is 0.145 e. The SMILES string of the molecule is C/C=C\C1=C(C)C2(c3ccccc31)c1cc(N(c3ccc(-c4ccc5ccccc5c4)cc3)c3ccc(C(C)(C)C)cc3)c3c(oc4ccccc43)c1-c1c2c2ccc(N(c3ccc(-c4ccc5ccccc5c4)cc3)c3ccc(C(C)(C)C)cc3)cc2c2ccccc12. The van der Waals surface area contributed by atoms with E-state index in [0.717, 1.165) is 67.2 Å². The topological polar surface area (TPSA) is 19.6 Å². The average Bonchev–Trinajstić information content (AvgIpc) is 1.49. The van der Waals surface area contributed by atoms with Crippen molar-refractivity contribution in [2.45, 2.75) is 71.6 Å². The molecule has 0 saturated heterocycles. The number of nitrogens with zero attached hydrogens (tertiary/aromatic N) is 2. The number of rotatable bonds is 9. The summed E-state index contributed by atoms with van der Waals surface area (Å²) in [5.41, 5.74) is 24.6. The first-order valence-electron chi connectivity index (χ1n) is 33.2. The Bertz CT molecular complexity index is 5630. The summed E-state index contributed by atoms with van der Waals surface area (Å²) in [5, 5.41) is 11.9. The van der Waals surface area contributed by atoms with Crippen LogP contribution in [0.5, 0.6) is 0 Å². The van der Waals surface area contributed by atoms with Crippen molar-refractivity contribution in [3.05, 3.63) is 330 Å². The molecule has 0 aliphatic heterocycles.